The van der Waals surface area contributed by atoms with E-state index in [2.05, 4.69) is 10.6 Å². The van der Waals surface area contributed by atoms with Gasteiger partial charge in [-0.2, -0.15) is 0 Å². The number of halogens is 1. The van der Waals surface area contributed by atoms with Gasteiger partial charge < -0.3 is 15.5 Å². The van der Waals surface area contributed by atoms with E-state index in [-0.39, 0.29) is 42.8 Å². The standard InChI is InChI=1S/C18H28N4O3.ClH/c1-21-17(25)22(16(24)18(21)7-3-2-4-8-18)11-15(23)20-14-9-12-5-6-13(10-14)19-12;/h12-14,19H,2-11H2,1H3,(H,20,23);1H. The summed E-state index contributed by atoms with van der Waals surface area (Å²) in [7, 11) is 1.70. The first-order valence-electron chi connectivity index (χ1n) is 9.65. The average Bonchev–Trinajstić information content (AvgIpc) is 3.03. The van der Waals surface area contributed by atoms with Gasteiger partial charge in [-0.1, -0.05) is 19.3 Å². The Kier molecular flexibility index (Phi) is 5.49. The summed E-state index contributed by atoms with van der Waals surface area (Å²) in [6.45, 7) is -0.150. The van der Waals surface area contributed by atoms with Crippen molar-refractivity contribution in [1.82, 2.24) is 20.4 Å². The van der Waals surface area contributed by atoms with Crippen LogP contribution in [0, 0.1) is 0 Å². The van der Waals surface area contributed by atoms with Crippen molar-refractivity contribution in [2.75, 3.05) is 13.6 Å². The Labute approximate surface area is 160 Å². The summed E-state index contributed by atoms with van der Waals surface area (Å²) in [5.41, 5.74) is -0.705. The van der Waals surface area contributed by atoms with Gasteiger partial charge in [-0.3, -0.25) is 14.5 Å². The average molecular weight is 385 g/mol. The molecule has 0 radical (unpaired) electrons. The summed E-state index contributed by atoms with van der Waals surface area (Å²) in [6, 6.07) is 0.819. The number of carbonyl (C=O) groups excluding carboxylic acids is 3. The monoisotopic (exact) mass is 384 g/mol. The van der Waals surface area contributed by atoms with Gasteiger partial charge in [-0.05, 0) is 38.5 Å². The number of likely N-dealkylation sites (N-methyl/N-ethyl adjacent to an activating group) is 1. The van der Waals surface area contributed by atoms with Crippen LogP contribution in [-0.4, -0.2) is 64.9 Å². The molecule has 1 spiro atoms. The zero-order chi connectivity index (χ0) is 17.6. The topological polar surface area (TPSA) is 81.8 Å². The molecule has 4 amide bonds. The molecule has 0 aromatic rings. The van der Waals surface area contributed by atoms with Gasteiger partial charge in [0.25, 0.3) is 5.91 Å². The lowest BCUT2D eigenvalue weighted by molar-refractivity contribution is -0.137. The molecule has 4 fully saturated rings. The van der Waals surface area contributed by atoms with Crippen molar-refractivity contribution in [3.63, 3.8) is 0 Å². The second-order valence-corrected chi connectivity index (χ2v) is 8.20. The third-order valence-electron chi connectivity index (χ3n) is 6.62. The second kappa shape index (κ2) is 7.35. The molecule has 0 aromatic heterocycles. The fraction of sp³-hybridized carbons (Fsp3) is 0.833. The number of urea groups is 1. The van der Waals surface area contributed by atoms with Gasteiger partial charge in [0.2, 0.25) is 5.91 Å². The normalized spacial score (nSPS) is 32.7. The number of piperidine rings is 1. The third-order valence-corrected chi connectivity index (χ3v) is 6.62. The minimum Gasteiger partial charge on any atom is -0.352 e. The zero-order valence-electron chi connectivity index (χ0n) is 15.3. The van der Waals surface area contributed by atoms with Gasteiger partial charge in [0, 0.05) is 25.2 Å². The molecule has 4 aliphatic rings. The molecule has 2 atom stereocenters. The van der Waals surface area contributed by atoms with Crippen LogP contribution in [0.3, 0.4) is 0 Å². The van der Waals surface area contributed by atoms with Crippen LogP contribution in [0.1, 0.15) is 57.8 Å². The number of imide groups is 1. The Hall–Kier alpha value is -1.34. The maximum Gasteiger partial charge on any atom is 0.327 e. The maximum absolute atomic E-state index is 12.9. The van der Waals surface area contributed by atoms with Crippen LogP contribution in [0.15, 0.2) is 0 Å². The predicted octanol–water partition coefficient (Wildman–Crippen LogP) is 1.40. The summed E-state index contributed by atoms with van der Waals surface area (Å²) in [6.07, 6.45) is 8.68. The van der Waals surface area contributed by atoms with E-state index < -0.39 is 5.54 Å². The van der Waals surface area contributed by atoms with Crippen molar-refractivity contribution >= 4 is 30.3 Å². The molecule has 3 aliphatic heterocycles. The third kappa shape index (κ3) is 3.20. The van der Waals surface area contributed by atoms with Crippen LogP contribution in [0.2, 0.25) is 0 Å². The maximum atomic E-state index is 12.9. The number of nitrogens with zero attached hydrogens (tertiary/aromatic N) is 2. The summed E-state index contributed by atoms with van der Waals surface area (Å²) < 4.78 is 0. The fourth-order valence-electron chi connectivity index (χ4n) is 5.26. The molecule has 1 aliphatic carbocycles. The number of carbonyl (C=O) groups is 3. The second-order valence-electron chi connectivity index (χ2n) is 8.20. The van der Waals surface area contributed by atoms with E-state index in [4.69, 9.17) is 0 Å². The molecule has 2 bridgehead atoms. The van der Waals surface area contributed by atoms with Crippen LogP contribution in [0.25, 0.3) is 0 Å². The molecule has 0 aromatic carbocycles. The molecule has 3 saturated heterocycles. The molecule has 3 heterocycles. The highest BCUT2D eigenvalue weighted by Gasteiger charge is 2.55. The van der Waals surface area contributed by atoms with E-state index in [9.17, 15) is 14.4 Å². The number of fused-ring (bicyclic) bond motifs is 2. The molecular weight excluding hydrogens is 356 g/mol. The van der Waals surface area contributed by atoms with Gasteiger partial charge in [0.05, 0.1) is 0 Å². The van der Waals surface area contributed by atoms with Crippen LogP contribution < -0.4 is 10.6 Å². The van der Waals surface area contributed by atoms with E-state index >= 15 is 0 Å². The lowest BCUT2D eigenvalue weighted by Crippen LogP contribution is -2.51. The molecule has 146 valence electrons. The molecule has 26 heavy (non-hydrogen) atoms. The van der Waals surface area contributed by atoms with Crippen LogP contribution in [-0.2, 0) is 9.59 Å². The number of nitrogens with one attached hydrogen (secondary N) is 2. The summed E-state index contributed by atoms with van der Waals surface area (Å²) >= 11 is 0. The Morgan fingerprint density at radius 3 is 2.38 bits per heavy atom. The molecule has 4 rings (SSSR count). The molecule has 7 nitrogen and oxygen atoms in total. The zero-order valence-corrected chi connectivity index (χ0v) is 16.1. The minimum absolute atomic E-state index is 0. The molecular formula is C18H29ClN4O3. The number of amides is 4. The van der Waals surface area contributed by atoms with Crippen LogP contribution >= 0.6 is 12.4 Å². The summed E-state index contributed by atoms with van der Waals surface area (Å²) in [4.78, 5) is 40.7. The molecule has 1 saturated carbocycles. The lowest BCUT2D eigenvalue weighted by Gasteiger charge is -2.35. The van der Waals surface area contributed by atoms with Gasteiger partial charge in [-0.25, -0.2) is 4.79 Å². The molecule has 8 heteroatoms. The highest BCUT2D eigenvalue weighted by atomic mass is 35.5. The number of rotatable bonds is 3. The number of hydrogen-bond acceptors (Lipinski definition) is 4. The Morgan fingerprint density at radius 1 is 1.15 bits per heavy atom. The van der Waals surface area contributed by atoms with Crippen molar-refractivity contribution < 1.29 is 14.4 Å². The lowest BCUT2D eigenvalue weighted by atomic mass is 9.81. The van der Waals surface area contributed by atoms with Crippen LogP contribution in [0.4, 0.5) is 4.79 Å². The van der Waals surface area contributed by atoms with E-state index in [0.717, 1.165) is 37.0 Å². The quantitative estimate of drug-likeness (QED) is 0.721. The molecule has 2 N–H and O–H groups in total. The van der Waals surface area contributed by atoms with Crippen molar-refractivity contribution in [2.45, 2.75) is 81.5 Å². The Bertz CT molecular complexity index is 581. The largest absolute Gasteiger partial charge is 0.352 e. The predicted molar refractivity (Wildman–Crippen MR) is 99.0 cm³/mol. The summed E-state index contributed by atoms with van der Waals surface area (Å²) in [5, 5.41) is 6.60. The van der Waals surface area contributed by atoms with E-state index in [0.29, 0.717) is 24.9 Å². The van der Waals surface area contributed by atoms with Gasteiger partial charge >= 0.3 is 6.03 Å². The van der Waals surface area contributed by atoms with Gasteiger partial charge in [0.15, 0.2) is 0 Å². The SMILES string of the molecule is CN1C(=O)N(CC(=O)NC2CC3CCC(C2)N3)C(=O)C12CCCCC2.Cl. The first-order chi connectivity index (χ1) is 12.0. The smallest absolute Gasteiger partial charge is 0.327 e. The van der Waals surface area contributed by atoms with Crippen LogP contribution in [0.5, 0.6) is 0 Å². The molecule has 2 unspecified atom stereocenters. The minimum atomic E-state index is -0.705. The first kappa shape index (κ1) is 19.4. The highest BCUT2D eigenvalue weighted by Crippen LogP contribution is 2.39. The van der Waals surface area contributed by atoms with Crippen molar-refractivity contribution in [3.8, 4) is 0 Å². The van der Waals surface area contributed by atoms with E-state index in [1.165, 1.54) is 12.8 Å². The van der Waals surface area contributed by atoms with Gasteiger partial charge in [0.1, 0.15) is 12.1 Å². The summed E-state index contributed by atoms with van der Waals surface area (Å²) in [5.74, 6) is -0.394. The Balaban J connectivity index is 0.00000196. The van der Waals surface area contributed by atoms with E-state index in [1.54, 1.807) is 11.9 Å². The first-order valence-corrected chi connectivity index (χ1v) is 9.65. The Morgan fingerprint density at radius 2 is 1.77 bits per heavy atom. The van der Waals surface area contributed by atoms with Gasteiger partial charge in [-0.15, -0.1) is 12.4 Å². The fourth-order valence-corrected chi connectivity index (χ4v) is 5.26. The van der Waals surface area contributed by atoms with Crippen molar-refractivity contribution in [1.29, 1.82) is 0 Å². The van der Waals surface area contributed by atoms with E-state index in [1.807, 2.05) is 0 Å². The number of hydrogen-bond donors (Lipinski definition) is 2. The van der Waals surface area contributed by atoms with Crippen molar-refractivity contribution in [3.05, 3.63) is 0 Å². The van der Waals surface area contributed by atoms with Crippen molar-refractivity contribution in [2.24, 2.45) is 0 Å². The highest BCUT2D eigenvalue weighted by molar-refractivity contribution is 6.08.